The molecule has 6 nitrogen and oxygen atoms in total. The zero-order valence-electron chi connectivity index (χ0n) is 7.83. The number of nitrogens with two attached hydrogens (primary N) is 1. The first-order valence-electron chi connectivity index (χ1n) is 4.42. The normalized spacial score (nSPS) is 14.9. The molecule has 6 N–H and O–H groups in total. The highest BCUT2D eigenvalue weighted by Gasteiger charge is 2.19. The van der Waals surface area contributed by atoms with Gasteiger partial charge in [0.05, 0.1) is 12.5 Å². The molecule has 2 unspecified atom stereocenters. The highest BCUT2D eigenvalue weighted by atomic mass is 16.4. The number of rotatable bonds is 7. The monoisotopic (exact) mass is 205 g/mol. The Morgan fingerprint density at radius 3 is 2.29 bits per heavy atom. The molecule has 0 saturated carbocycles. The average Bonchev–Trinajstić information content (AvgIpc) is 2.03. The summed E-state index contributed by atoms with van der Waals surface area (Å²) in [5.41, 5.74) is 5.48. The van der Waals surface area contributed by atoms with E-state index in [1.54, 1.807) is 0 Å². The van der Waals surface area contributed by atoms with E-state index in [-0.39, 0.29) is 12.7 Å². The summed E-state index contributed by atoms with van der Waals surface area (Å²) < 4.78 is 0. The Bertz CT molecular complexity index is 177. The van der Waals surface area contributed by atoms with Crippen LogP contribution in [-0.4, -0.2) is 46.0 Å². The third kappa shape index (κ3) is 5.93. The van der Waals surface area contributed by atoms with Gasteiger partial charge in [0.15, 0.2) is 0 Å². The molecule has 0 saturated heterocycles. The third-order valence-corrected chi connectivity index (χ3v) is 1.97. The van der Waals surface area contributed by atoms with Crippen LogP contribution in [0.2, 0.25) is 6.32 Å². The molecule has 0 fully saturated rings. The van der Waals surface area contributed by atoms with Gasteiger partial charge in [-0.05, 0) is 19.2 Å². The van der Waals surface area contributed by atoms with E-state index in [4.69, 9.17) is 26.0 Å². The van der Waals surface area contributed by atoms with Crippen molar-refractivity contribution in [3.8, 4) is 0 Å². The number of aliphatic hydroxyl groups excluding tert-OH is 1. The van der Waals surface area contributed by atoms with Gasteiger partial charge in [-0.2, -0.15) is 0 Å². The minimum atomic E-state index is -1.47. The maximum absolute atomic E-state index is 10.5. The lowest BCUT2D eigenvalue weighted by molar-refractivity contribution is -0.143. The van der Waals surface area contributed by atoms with Crippen molar-refractivity contribution in [3.05, 3.63) is 0 Å². The fourth-order valence-electron chi connectivity index (χ4n) is 1.10. The number of aliphatic carboxylic acids is 1. The average molecular weight is 205 g/mol. The minimum absolute atomic E-state index is 0.0117. The van der Waals surface area contributed by atoms with E-state index in [0.717, 1.165) is 0 Å². The van der Waals surface area contributed by atoms with Crippen LogP contribution < -0.4 is 5.73 Å². The van der Waals surface area contributed by atoms with Gasteiger partial charge in [0.1, 0.15) is 0 Å². The molecule has 7 heteroatoms. The molecule has 0 aliphatic rings. The molecule has 0 aliphatic heterocycles. The molecule has 0 radical (unpaired) electrons. The number of aliphatic hydroxyl groups is 1. The van der Waals surface area contributed by atoms with Crippen LogP contribution in [0.1, 0.15) is 12.8 Å². The molecule has 0 spiro atoms. The minimum Gasteiger partial charge on any atom is -0.481 e. The van der Waals surface area contributed by atoms with Crippen molar-refractivity contribution in [2.45, 2.75) is 25.2 Å². The SMILES string of the molecule is NC(CCC(CO)C(=O)O)CB(O)O. The molecule has 0 aromatic carbocycles. The summed E-state index contributed by atoms with van der Waals surface area (Å²) in [7, 11) is -1.47. The number of carbonyl (C=O) groups is 1. The molecule has 0 heterocycles. The fourth-order valence-corrected chi connectivity index (χ4v) is 1.10. The smallest absolute Gasteiger partial charge is 0.452 e. The predicted molar refractivity (Wildman–Crippen MR) is 50.4 cm³/mol. The number of carboxylic acids is 1. The molecule has 2 atom stereocenters. The standard InChI is InChI=1S/C7H16BNO5/c9-6(3-8(13)14)2-1-5(4-10)7(11)12/h5-6,10,13-14H,1-4,9H2,(H,11,12). The zero-order chi connectivity index (χ0) is 11.1. The maximum Gasteiger partial charge on any atom is 0.452 e. The Balaban J connectivity index is 3.73. The van der Waals surface area contributed by atoms with E-state index < -0.39 is 31.7 Å². The molecule has 14 heavy (non-hydrogen) atoms. The summed E-state index contributed by atoms with van der Waals surface area (Å²) in [4.78, 5) is 10.5. The van der Waals surface area contributed by atoms with E-state index in [2.05, 4.69) is 0 Å². The van der Waals surface area contributed by atoms with Gasteiger partial charge in [0.2, 0.25) is 0 Å². The number of carboxylic acid groups (broad SMARTS) is 1. The van der Waals surface area contributed by atoms with Crippen LogP contribution in [0.5, 0.6) is 0 Å². The van der Waals surface area contributed by atoms with E-state index >= 15 is 0 Å². The van der Waals surface area contributed by atoms with Gasteiger partial charge in [-0.15, -0.1) is 0 Å². The van der Waals surface area contributed by atoms with Crippen molar-refractivity contribution in [3.63, 3.8) is 0 Å². The van der Waals surface area contributed by atoms with E-state index in [9.17, 15) is 4.79 Å². The van der Waals surface area contributed by atoms with Gasteiger partial charge in [0.25, 0.3) is 0 Å². The second kappa shape index (κ2) is 6.77. The third-order valence-electron chi connectivity index (χ3n) is 1.97. The number of hydrogen-bond donors (Lipinski definition) is 5. The van der Waals surface area contributed by atoms with Crippen molar-refractivity contribution in [2.75, 3.05) is 6.61 Å². The highest BCUT2D eigenvalue weighted by Crippen LogP contribution is 2.09. The van der Waals surface area contributed by atoms with E-state index in [1.807, 2.05) is 0 Å². The van der Waals surface area contributed by atoms with Crippen molar-refractivity contribution in [1.82, 2.24) is 0 Å². The topological polar surface area (TPSA) is 124 Å². The molecule has 0 aromatic heterocycles. The summed E-state index contributed by atoms with van der Waals surface area (Å²) in [6, 6.07) is -0.455. The quantitative estimate of drug-likeness (QED) is 0.314. The summed E-state index contributed by atoms with van der Waals surface area (Å²) in [5, 5.41) is 34.4. The van der Waals surface area contributed by atoms with Crippen LogP contribution in [0.25, 0.3) is 0 Å². The first-order chi connectivity index (χ1) is 6.47. The van der Waals surface area contributed by atoms with Gasteiger partial charge < -0.3 is 26.0 Å². The van der Waals surface area contributed by atoms with Crippen molar-refractivity contribution >= 4 is 13.1 Å². The van der Waals surface area contributed by atoms with Gasteiger partial charge >= 0.3 is 13.1 Å². The molecule has 0 aliphatic carbocycles. The molecule has 82 valence electrons. The van der Waals surface area contributed by atoms with Crippen molar-refractivity contribution < 1.29 is 25.1 Å². The van der Waals surface area contributed by atoms with Crippen molar-refractivity contribution in [1.29, 1.82) is 0 Å². The predicted octanol–water partition coefficient (Wildman–Crippen LogP) is -1.74. The van der Waals surface area contributed by atoms with Crippen LogP contribution in [0.15, 0.2) is 0 Å². The lowest BCUT2D eigenvalue weighted by Crippen LogP contribution is -2.29. The molecular weight excluding hydrogens is 189 g/mol. The van der Waals surface area contributed by atoms with Crippen LogP contribution in [0.3, 0.4) is 0 Å². The Morgan fingerprint density at radius 1 is 1.36 bits per heavy atom. The van der Waals surface area contributed by atoms with Gasteiger partial charge in [-0.1, -0.05) is 0 Å². The molecule has 0 bridgehead atoms. The Morgan fingerprint density at radius 2 is 1.93 bits per heavy atom. The maximum atomic E-state index is 10.5. The molecule has 0 amide bonds. The zero-order valence-corrected chi connectivity index (χ0v) is 7.83. The first kappa shape index (κ1) is 13.4. The highest BCUT2D eigenvalue weighted by molar-refractivity contribution is 6.41. The first-order valence-corrected chi connectivity index (χ1v) is 4.42. The summed E-state index contributed by atoms with van der Waals surface area (Å²) in [6.07, 6.45) is 0.590. The lowest BCUT2D eigenvalue weighted by Gasteiger charge is -2.13. The Hall–Kier alpha value is -0.625. The van der Waals surface area contributed by atoms with Gasteiger partial charge in [0, 0.05) is 6.04 Å². The van der Waals surface area contributed by atoms with Crippen LogP contribution in [0.4, 0.5) is 0 Å². The van der Waals surface area contributed by atoms with Gasteiger partial charge in [-0.3, -0.25) is 4.79 Å². The van der Waals surface area contributed by atoms with Crippen LogP contribution in [0, 0.1) is 5.92 Å². The largest absolute Gasteiger partial charge is 0.481 e. The molecular formula is C7H16BNO5. The number of hydrogen-bond acceptors (Lipinski definition) is 5. The second-order valence-electron chi connectivity index (χ2n) is 3.27. The molecule has 0 aromatic rings. The van der Waals surface area contributed by atoms with Crippen LogP contribution >= 0.6 is 0 Å². The fraction of sp³-hybridized carbons (Fsp3) is 0.857. The van der Waals surface area contributed by atoms with E-state index in [1.165, 1.54) is 0 Å². The van der Waals surface area contributed by atoms with Gasteiger partial charge in [-0.25, -0.2) is 0 Å². The van der Waals surface area contributed by atoms with E-state index in [0.29, 0.717) is 6.42 Å². The Labute approximate surface area is 82.5 Å². The van der Waals surface area contributed by atoms with Crippen LogP contribution in [-0.2, 0) is 4.79 Å². The Kier molecular flexibility index (Phi) is 6.47. The summed E-state index contributed by atoms with van der Waals surface area (Å²) in [6.45, 7) is -0.427. The lowest BCUT2D eigenvalue weighted by atomic mass is 9.80. The summed E-state index contributed by atoms with van der Waals surface area (Å²) >= 11 is 0. The second-order valence-corrected chi connectivity index (χ2v) is 3.27. The van der Waals surface area contributed by atoms with Crippen molar-refractivity contribution in [2.24, 2.45) is 11.7 Å². The summed E-state index contributed by atoms with van der Waals surface area (Å²) in [5.74, 6) is -1.89. The molecule has 0 rings (SSSR count).